The number of hydrogen-bond acceptors (Lipinski definition) is 3. The third-order valence-corrected chi connectivity index (χ3v) is 5.03. The fourth-order valence-corrected chi connectivity index (χ4v) is 3.63. The molecule has 7 heteroatoms. The van der Waals surface area contributed by atoms with E-state index < -0.39 is 0 Å². The molecule has 30 heavy (non-hydrogen) atoms. The first-order valence-electron chi connectivity index (χ1n) is 9.98. The monoisotopic (exact) mass is 522 g/mol. The summed E-state index contributed by atoms with van der Waals surface area (Å²) in [5, 5.41) is 9.58. The number of rotatable bonds is 5. The Morgan fingerprint density at radius 2 is 1.97 bits per heavy atom. The van der Waals surface area contributed by atoms with Crippen molar-refractivity contribution < 1.29 is 9.53 Å². The second kappa shape index (κ2) is 10.7. The molecule has 0 saturated carbocycles. The minimum atomic E-state index is -0.245. The van der Waals surface area contributed by atoms with Crippen molar-refractivity contribution in [1.82, 2.24) is 16.0 Å². The van der Waals surface area contributed by atoms with E-state index in [4.69, 9.17) is 4.74 Å². The number of para-hydroxylation sites is 1. The summed E-state index contributed by atoms with van der Waals surface area (Å²) in [6.07, 6.45) is 1.64. The molecule has 3 rings (SSSR count). The highest BCUT2D eigenvalue weighted by Gasteiger charge is 2.33. The van der Waals surface area contributed by atoms with Crippen molar-refractivity contribution in [2.24, 2.45) is 4.99 Å². The molecule has 1 aliphatic heterocycles. The molecule has 1 heterocycles. The summed E-state index contributed by atoms with van der Waals surface area (Å²) >= 11 is 0. The van der Waals surface area contributed by atoms with Gasteiger partial charge in [0, 0.05) is 38.2 Å². The van der Waals surface area contributed by atoms with Gasteiger partial charge in [-0.1, -0.05) is 30.3 Å². The molecule has 1 atom stereocenters. The predicted octanol–water partition coefficient (Wildman–Crippen LogP) is 3.67. The zero-order chi connectivity index (χ0) is 20.9. The van der Waals surface area contributed by atoms with Crippen LogP contribution in [0.4, 0.5) is 0 Å². The van der Waals surface area contributed by atoms with Crippen LogP contribution >= 0.6 is 24.0 Å². The molecule has 0 spiro atoms. The standard InChI is InChI=1S/C23H30N4O2.HI/c1-23(2)15-19(18-10-5-6-11-20(18)29-23)27-22(25-4)26-13-12-16-8-7-9-17(14-16)21(28)24-3;/h5-11,14,19H,12-13,15H2,1-4H3,(H,24,28)(H2,25,26,27);1H. The van der Waals surface area contributed by atoms with Gasteiger partial charge in [0.1, 0.15) is 11.4 Å². The number of hydrogen-bond donors (Lipinski definition) is 3. The van der Waals surface area contributed by atoms with Crippen LogP contribution in [-0.2, 0) is 6.42 Å². The van der Waals surface area contributed by atoms with Gasteiger partial charge >= 0.3 is 0 Å². The summed E-state index contributed by atoms with van der Waals surface area (Å²) < 4.78 is 6.11. The number of nitrogens with one attached hydrogen (secondary N) is 3. The predicted molar refractivity (Wildman–Crippen MR) is 132 cm³/mol. The maximum absolute atomic E-state index is 11.8. The molecule has 3 N–H and O–H groups in total. The number of halogens is 1. The van der Waals surface area contributed by atoms with E-state index in [1.54, 1.807) is 14.1 Å². The molecule has 1 unspecified atom stereocenters. The highest BCUT2D eigenvalue weighted by Crippen LogP contribution is 2.39. The number of ether oxygens (including phenoxy) is 1. The molecule has 0 radical (unpaired) electrons. The molecule has 2 aromatic carbocycles. The normalized spacial score (nSPS) is 17.1. The molecular formula is C23H31IN4O2. The number of nitrogens with zero attached hydrogens (tertiary/aromatic N) is 1. The molecule has 0 aromatic heterocycles. The topological polar surface area (TPSA) is 74.8 Å². The zero-order valence-electron chi connectivity index (χ0n) is 18.0. The largest absolute Gasteiger partial charge is 0.487 e. The van der Waals surface area contributed by atoms with Crippen LogP contribution in [0, 0.1) is 0 Å². The van der Waals surface area contributed by atoms with E-state index in [0.717, 1.165) is 35.7 Å². The fraction of sp³-hybridized carbons (Fsp3) is 0.391. The first-order valence-corrected chi connectivity index (χ1v) is 9.98. The van der Waals surface area contributed by atoms with Crippen molar-refractivity contribution in [1.29, 1.82) is 0 Å². The Labute approximate surface area is 195 Å². The lowest BCUT2D eigenvalue weighted by atomic mass is 9.90. The van der Waals surface area contributed by atoms with Gasteiger partial charge in [-0.05, 0) is 44.0 Å². The molecule has 162 valence electrons. The van der Waals surface area contributed by atoms with E-state index in [0.29, 0.717) is 12.1 Å². The van der Waals surface area contributed by atoms with Crippen LogP contribution in [0.2, 0.25) is 0 Å². The van der Waals surface area contributed by atoms with Crippen molar-refractivity contribution in [2.45, 2.75) is 38.3 Å². The smallest absolute Gasteiger partial charge is 0.251 e. The Morgan fingerprint density at radius 3 is 2.70 bits per heavy atom. The average Bonchev–Trinajstić information content (AvgIpc) is 2.71. The summed E-state index contributed by atoms with van der Waals surface area (Å²) in [6, 6.07) is 15.9. The number of benzene rings is 2. The Morgan fingerprint density at radius 1 is 1.20 bits per heavy atom. The molecule has 0 aliphatic carbocycles. The highest BCUT2D eigenvalue weighted by atomic mass is 127. The van der Waals surface area contributed by atoms with Gasteiger partial charge in [-0.2, -0.15) is 0 Å². The molecular weight excluding hydrogens is 491 g/mol. The minimum absolute atomic E-state index is 0. The van der Waals surface area contributed by atoms with E-state index in [-0.39, 0.29) is 41.5 Å². The van der Waals surface area contributed by atoms with Gasteiger partial charge in [-0.15, -0.1) is 24.0 Å². The lowest BCUT2D eigenvalue weighted by Crippen LogP contribution is -2.45. The highest BCUT2D eigenvalue weighted by molar-refractivity contribution is 14.0. The van der Waals surface area contributed by atoms with E-state index in [1.165, 1.54) is 0 Å². The van der Waals surface area contributed by atoms with Gasteiger partial charge in [0.05, 0.1) is 6.04 Å². The first kappa shape index (κ1) is 24.0. The van der Waals surface area contributed by atoms with Crippen LogP contribution in [0.1, 0.15) is 47.8 Å². The Balaban J connectivity index is 0.00000320. The third-order valence-electron chi connectivity index (χ3n) is 5.03. The van der Waals surface area contributed by atoms with E-state index >= 15 is 0 Å². The minimum Gasteiger partial charge on any atom is -0.487 e. The van der Waals surface area contributed by atoms with Crippen molar-refractivity contribution in [3.63, 3.8) is 0 Å². The van der Waals surface area contributed by atoms with Gasteiger partial charge in [0.2, 0.25) is 0 Å². The summed E-state index contributed by atoms with van der Waals surface area (Å²) in [4.78, 5) is 16.2. The average molecular weight is 522 g/mol. The van der Waals surface area contributed by atoms with Gasteiger partial charge in [-0.25, -0.2) is 0 Å². The molecule has 0 bridgehead atoms. The Hall–Kier alpha value is -2.29. The number of fused-ring (bicyclic) bond motifs is 1. The van der Waals surface area contributed by atoms with Gasteiger partial charge in [0.15, 0.2) is 5.96 Å². The van der Waals surface area contributed by atoms with Crippen LogP contribution in [0.5, 0.6) is 5.75 Å². The second-order valence-corrected chi connectivity index (χ2v) is 7.83. The number of aliphatic imine (C=N–C) groups is 1. The molecule has 6 nitrogen and oxygen atoms in total. The zero-order valence-corrected chi connectivity index (χ0v) is 20.3. The van der Waals surface area contributed by atoms with Crippen molar-refractivity contribution in [3.8, 4) is 5.75 Å². The van der Waals surface area contributed by atoms with Crippen LogP contribution in [0.3, 0.4) is 0 Å². The van der Waals surface area contributed by atoms with E-state index in [9.17, 15) is 4.79 Å². The van der Waals surface area contributed by atoms with E-state index in [1.807, 2.05) is 42.5 Å². The van der Waals surface area contributed by atoms with Crippen LogP contribution in [-0.4, -0.2) is 38.1 Å². The molecule has 2 aromatic rings. The van der Waals surface area contributed by atoms with Crippen LogP contribution < -0.4 is 20.7 Å². The van der Waals surface area contributed by atoms with Gasteiger partial charge in [0.25, 0.3) is 5.91 Å². The number of guanidine groups is 1. The summed E-state index contributed by atoms with van der Waals surface area (Å²) in [5.41, 5.74) is 2.68. The maximum Gasteiger partial charge on any atom is 0.251 e. The lowest BCUT2D eigenvalue weighted by molar-refractivity contribution is 0.0694. The molecule has 0 fully saturated rings. The van der Waals surface area contributed by atoms with Crippen molar-refractivity contribution in [2.75, 3.05) is 20.6 Å². The maximum atomic E-state index is 11.8. The van der Waals surface area contributed by atoms with Crippen LogP contribution in [0.15, 0.2) is 53.5 Å². The SMILES string of the molecule is CN=C(NCCc1cccc(C(=O)NC)c1)NC1CC(C)(C)Oc2ccccc21.I. The number of carbonyl (C=O) groups is 1. The Bertz CT molecular complexity index is 898. The number of carbonyl (C=O) groups excluding carboxylic acids is 1. The van der Waals surface area contributed by atoms with Crippen molar-refractivity contribution in [3.05, 3.63) is 65.2 Å². The molecule has 0 saturated heterocycles. The summed E-state index contributed by atoms with van der Waals surface area (Å²) in [6.45, 7) is 4.92. The lowest BCUT2D eigenvalue weighted by Gasteiger charge is -2.38. The van der Waals surface area contributed by atoms with E-state index in [2.05, 4.69) is 40.9 Å². The van der Waals surface area contributed by atoms with Gasteiger partial charge < -0.3 is 20.7 Å². The summed E-state index contributed by atoms with van der Waals surface area (Å²) in [7, 11) is 3.42. The third kappa shape index (κ3) is 6.10. The number of amides is 1. The van der Waals surface area contributed by atoms with Gasteiger partial charge in [-0.3, -0.25) is 9.79 Å². The first-order chi connectivity index (χ1) is 13.9. The van der Waals surface area contributed by atoms with Crippen molar-refractivity contribution >= 4 is 35.8 Å². The summed E-state index contributed by atoms with van der Waals surface area (Å²) in [5.74, 6) is 1.60. The quantitative estimate of drug-likeness (QED) is 0.318. The Kier molecular flexibility index (Phi) is 8.52. The van der Waals surface area contributed by atoms with Crippen LogP contribution in [0.25, 0.3) is 0 Å². The second-order valence-electron chi connectivity index (χ2n) is 7.83. The molecule has 1 amide bonds. The fourth-order valence-electron chi connectivity index (χ4n) is 3.63. The molecule has 1 aliphatic rings.